The average molecular weight is 298 g/mol. The predicted molar refractivity (Wildman–Crippen MR) is 75.8 cm³/mol. The summed E-state index contributed by atoms with van der Waals surface area (Å²) < 4.78 is 0. The van der Waals surface area contributed by atoms with Crippen LogP contribution in [0.2, 0.25) is 5.02 Å². The van der Waals surface area contributed by atoms with Gasteiger partial charge in [0.15, 0.2) is 0 Å². The van der Waals surface area contributed by atoms with Crippen molar-refractivity contribution in [3.63, 3.8) is 0 Å². The Bertz CT molecular complexity index is 540. The molecule has 0 spiro atoms. The van der Waals surface area contributed by atoms with E-state index in [1.165, 1.54) is 18.2 Å². The number of amides is 1. The Kier molecular flexibility index (Phi) is 4.25. The third-order valence-corrected chi connectivity index (χ3v) is 3.60. The summed E-state index contributed by atoms with van der Waals surface area (Å²) in [6, 6.07) is 3.90. The number of nitrogens with zero attached hydrogens (tertiary/aromatic N) is 2. The van der Waals surface area contributed by atoms with Gasteiger partial charge in [0.2, 0.25) is 0 Å². The van der Waals surface area contributed by atoms with Crippen LogP contribution in [0.5, 0.6) is 0 Å². The van der Waals surface area contributed by atoms with Crippen LogP contribution in [0.25, 0.3) is 0 Å². The van der Waals surface area contributed by atoms with Crippen molar-refractivity contribution in [1.82, 2.24) is 4.90 Å². The number of halogens is 1. The largest absolute Gasteiger partial charge is 0.337 e. The SMILES string of the molecule is CC1CC(N)CN(C(=O)c2cc(Cl)ccc2[N+](=O)[O-])C1. The Balaban J connectivity index is 2.33. The molecule has 1 aliphatic heterocycles. The van der Waals surface area contributed by atoms with Gasteiger partial charge in [0.1, 0.15) is 5.56 Å². The summed E-state index contributed by atoms with van der Waals surface area (Å²) in [7, 11) is 0. The van der Waals surface area contributed by atoms with Crippen LogP contribution < -0.4 is 5.73 Å². The third-order valence-electron chi connectivity index (χ3n) is 3.36. The average Bonchev–Trinajstić information content (AvgIpc) is 2.36. The van der Waals surface area contributed by atoms with Gasteiger partial charge in [0.05, 0.1) is 4.92 Å². The van der Waals surface area contributed by atoms with Gasteiger partial charge in [-0.2, -0.15) is 0 Å². The summed E-state index contributed by atoms with van der Waals surface area (Å²) in [5.74, 6) is -0.109. The van der Waals surface area contributed by atoms with Crippen molar-refractivity contribution >= 4 is 23.2 Å². The van der Waals surface area contributed by atoms with Gasteiger partial charge in [-0.1, -0.05) is 18.5 Å². The topological polar surface area (TPSA) is 89.5 Å². The lowest BCUT2D eigenvalue weighted by Crippen LogP contribution is -2.48. The van der Waals surface area contributed by atoms with Crippen molar-refractivity contribution < 1.29 is 9.72 Å². The predicted octanol–water partition coefficient (Wildman–Crippen LogP) is 2.06. The van der Waals surface area contributed by atoms with Crippen LogP contribution in [-0.4, -0.2) is 34.9 Å². The van der Waals surface area contributed by atoms with E-state index in [1.54, 1.807) is 4.90 Å². The lowest BCUT2D eigenvalue weighted by Gasteiger charge is -2.34. The van der Waals surface area contributed by atoms with Gasteiger partial charge in [-0.15, -0.1) is 0 Å². The van der Waals surface area contributed by atoms with E-state index in [1.807, 2.05) is 6.92 Å². The summed E-state index contributed by atoms with van der Waals surface area (Å²) in [6.07, 6.45) is 0.849. The molecule has 7 heteroatoms. The van der Waals surface area contributed by atoms with Gasteiger partial charge in [0, 0.05) is 30.2 Å². The molecule has 1 amide bonds. The molecule has 6 nitrogen and oxygen atoms in total. The maximum atomic E-state index is 12.5. The van der Waals surface area contributed by atoms with Crippen molar-refractivity contribution in [2.75, 3.05) is 13.1 Å². The number of nitro groups is 1. The lowest BCUT2D eigenvalue weighted by atomic mass is 9.96. The first-order chi connectivity index (χ1) is 9.38. The maximum Gasteiger partial charge on any atom is 0.282 e. The number of nitro benzene ring substituents is 1. The maximum absolute atomic E-state index is 12.5. The number of carbonyl (C=O) groups excluding carboxylic acids is 1. The van der Waals surface area contributed by atoms with Crippen LogP contribution in [0.1, 0.15) is 23.7 Å². The molecule has 1 aliphatic rings. The van der Waals surface area contributed by atoms with E-state index in [2.05, 4.69) is 0 Å². The normalized spacial score (nSPS) is 22.6. The van der Waals surface area contributed by atoms with Crippen LogP contribution in [0.15, 0.2) is 18.2 Å². The third kappa shape index (κ3) is 3.08. The number of piperidine rings is 1. The van der Waals surface area contributed by atoms with Gasteiger partial charge in [-0.3, -0.25) is 14.9 Å². The first-order valence-corrected chi connectivity index (χ1v) is 6.75. The minimum absolute atomic E-state index is 0.0174. The zero-order valence-corrected chi connectivity index (χ0v) is 11.8. The van der Waals surface area contributed by atoms with Crippen LogP contribution >= 0.6 is 11.6 Å². The molecular weight excluding hydrogens is 282 g/mol. The molecule has 2 atom stereocenters. The Morgan fingerprint density at radius 3 is 2.80 bits per heavy atom. The van der Waals surface area contributed by atoms with Crippen LogP contribution in [-0.2, 0) is 0 Å². The second-order valence-corrected chi connectivity index (χ2v) is 5.67. The second-order valence-electron chi connectivity index (χ2n) is 5.23. The standard InChI is InChI=1S/C13H16ClN3O3/c1-8-4-10(15)7-16(6-8)13(18)11-5-9(14)2-3-12(11)17(19)20/h2-3,5,8,10H,4,6-7,15H2,1H3. The van der Waals surface area contributed by atoms with Crippen molar-refractivity contribution in [3.8, 4) is 0 Å². The van der Waals surface area contributed by atoms with E-state index in [-0.39, 0.29) is 29.1 Å². The van der Waals surface area contributed by atoms with Gasteiger partial charge in [0.25, 0.3) is 11.6 Å². The van der Waals surface area contributed by atoms with Crippen molar-refractivity contribution in [2.45, 2.75) is 19.4 Å². The molecule has 0 bridgehead atoms. The fraction of sp³-hybridized carbons (Fsp3) is 0.462. The van der Waals surface area contributed by atoms with Gasteiger partial charge < -0.3 is 10.6 Å². The molecule has 1 saturated heterocycles. The summed E-state index contributed by atoms with van der Waals surface area (Å²) in [4.78, 5) is 24.5. The number of hydrogen-bond donors (Lipinski definition) is 1. The molecule has 20 heavy (non-hydrogen) atoms. The summed E-state index contributed by atoms with van der Waals surface area (Å²) in [6.45, 7) is 2.97. The van der Waals surface area contributed by atoms with Crippen molar-refractivity contribution in [1.29, 1.82) is 0 Å². The Morgan fingerprint density at radius 2 is 2.20 bits per heavy atom. The van der Waals surface area contributed by atoms with Gasteiger partial charge >= 0.3 is 0 Å². The summed E-state index contributed by atoms with van der Waals surface area (Å²) in [5.41, 5.74) is 5.69. The van der Waals surface area contributed by atoms with Crippen LogP contribution in [0.4, 0.5) is 5.69 Å². The minimum atomic E-state index is -0.573. The lowest BCUT2D eigenvalue weighted by molar-refractivity contribution is -0.385. The molecule has 1 aromatic carbocycles. The first kappa shape index (κ1) is 14.7. The van der Waals surface area contributed by atoms with Crippen LogP contribution in [0, 0.1) is 16.0 Å². The molecule has 2 rings (SSSR count). The Labute approximate surface area is 121 Å². The number of rotatable bonds is 2. The van der Waals surface area contributed by atoms with Crippen molar-refractivity contribution in [2.24, 2.45) is 11.7 Å². The summed E-state index contributed by atoms with van der Waals surface area (Å²) >= 11 is 5.84. The molecule has 1 heterocycles. The molecule has 0 aromatic heterocycles. The number of hydrogen-bond acceptors (Lipinski definition) is 4. The van der Waals surface area contributed by atoms with E-state index in [9.17, 15) is 14.9 Å². The highest BCUT2D eigenvalue weighted by atomic mass is 35.5. The number of carbonyl (C=O) groups is 1. The molecule has 1 aromatic rings. The minimum Gasteiger partial charge on any atom is -0.337 e. The molecule has 0 aliphatic carbocycles. The highest BCUT2D eigenvalue weighted by Gasteiger charge is 2.30. The van der Waals surface area contributed by atoms with Gasteiger partial charge in [-0.05, 0) is 24.5 Å². The highest BCUT2D eigenvalue weighted by Crippen LogP contribution is 2.26. The fourth-order valence-electron chi connectivity index (χ4n) is 2.57. The van der Waals surface area contributed by atoms with Crippen molar-refractivity contribution in [3.05, 3.63) is 38.9 Å². The zero-order valence-electron chi connectivity index (χ0n) is 11.1. The van der Waals surface area contributed by atoms with E-state index >= 15 is 0 Å². The van der Waals surface area contributed by atoms with E-state index in [0.29, 0.717) is 18.1 Å². The highest BCUT2D eigenvalue weighted by molar-refractivity contribution is 6.31. The molecular formula is C13H16ClN3O3. The number of likely N-dealkylation sites (tertiary alicyclic amines) is 1. The van der Waals surface area contributed by atoms with E-state index < -0.39 is 4.92 Å². The number of benzene rings is 1. The first-order valence-electron chi connectivity index (χ1n) is 6.37. The molecule has 2 N–H and O–H groups in total. The van der Waals surface area contributed by atoms with E-state index in [0.717, 1.165) is 6.42 Å². The smallest absolute Gasteiger partial charge is 0.282 e. The quantitative estimate of drug-likeness (QED) is 0.668. The zero-order chi connectivity index (χ0) is 14.9. The van der Waals surface area contributed by atoms with E-state index in [4.69, 9.17) is 17.3 Å². The molecule has 0 radical (unpaired) electrons. The Hall–Kier alpha value is -1.66. The monoisotopic (exact) mass is 297 g/mol. The second kappa shape index (κ2) is 5.76. The van der Waals surface area contributed by atoms with Gasteiger partial charge in [-0.25, -0.2) is 0 Å². The number of nitrogens with two attached hydrogens (primary N) is 1. The molecule has 1 fully saturated rings. The molecule has 2 unspecified atom stereocenters. The molecule has 0 saturated carbocycles. The Morgan fingerprint density at radius 1 is 1.50 bits per heavy atom. The van der Waals surface area contributed by atoms with Crippen LogP contribution in [0.3, 0.4) is 0 Å². The summed E-state index contributed by atoms with van der Waals surface area (Å²) in [5, 5.41) is 11.3. The fourth-order valence-corrected chi connectivity index (χ4v) is 2.75. The molecule has 108 valence electrons.